The van der Waals surface area contributed by atoms with Crippen LogP contribution in [0, 0.1) is 0 Å². The number of H-pyrrole nitrogens is 1. The first kappa shape index (κ1) is 25.1. The molecule has 3 aromatic heterocycles. The molecule has 0 aliphatic rings. The normalized spacial score (nSPS) is 11.6. The number of nitrogens with zero attached hydrogens (tertiary/aromatic N) is 5. The Morgan fingerprint density at radius 2 is 1.75 bits per heavy atom. The van der Waals surface area contributed by atoms with Gasteiger partial charge in [-0.05, 0) is 32.8 Å². The molecule has 0 saturated carbocycles. The molecule has 3 heterocycles. The number of unbranched alkanes of at least 4 members (excludes halogenated alkanes) is 1. The van der Waals surface area contributed by atoms with Crippen LogP contribution in [-0.2, 0) is 24.4 Å². The van der Waals surface area contributed by atoms with E-state index in [0.29, 0.717) is 36.1 Å². The topological polar surface area (TPSA) is 134 Å². The van der Waals surface area contributed by atoms with E-state index in [2.05, 4.69) is 15.1 Å². The van der Waals surface area contributed by atoms with Crippen molar-refractivity contribution in [3.8, 4) is 0 Å². The first-order valence-electron chi connectivity index (χ1n) is 12.2. The lowest BCUT2D eigenvalue weighted by molar-refractivity contribution is 0.0450. The third-order valence-electron chi connectivity index (χ3n) is 5.99. The Hall–Kier alpha value is -4.02. The number of hydrogen-bond acceptors (Lipinski definition) is 7. The molecule has 1 N–H and O–H groups in total. The van der Waals surface area contributed by atoms with Crippen molar-refractivity contribution in [3.05, 3.63) is 67.0 Å². The summed E-state index contributed by atoms with van der Waals surface area (Å²) in [4.78, 5) is 58.0. The van der Waals surface area contributed by atoms with Crippen LogP contribution in [-0.4, -0.2) is 34.9 Å². The van der Waals surface area contributed by atoms with Crippen LogP contribution in [0.1, 0.15) is 69.3 Å². The number of carbonyl (C=O) groups is 1. The van der Waals surface area contributed by atoms with Crippen molar-refractivity contribution < 1.29 is 9.53 Å². The van der Waals surface area contributed by atoms with Gasteiger partial charge in [-0.25, -0.2) is 19.3 Å². The smallest absolute Gasteiger partial charge is 0.359 e. The van der Waals surface area contributed by atoms with E-state index in [1.807, 2.05) is 13.8 Å². The lowest BCUT2D eigenvalue weighted by atomic mass is 10.1. The van der Waals surface area contributed by atoms with Gasteiger partial charge in [0.1, 0.15) is 12.4 Å². The van der Waals surface area contributed by atoms with E-state index >= 15 is 0 Å². The summed E-state index contributed by atoms with van der Waals surface area (Å²) in [6.07, 6.45) is 2.31. The summed E-state index contributed by atoms with van der Waals surface area (Å²) in [7, 11) is 0. The summed E-state index contributed by atoms with van der Waals surface area (Å²) in [5, 5.41) is 5.06. The molecule has 4 rings (SSSR count). The number of rotatable bonds is 9. The van der Waals surface area contributed by atoms with Crippen molar-refractivity contribution in [2.75, 3.05) is 0 Å². The average Bonchev–Trinajstić information content (AvgIpc) is 3.21. The summed E-state index contributed by atoms with van der Waals surface area (Å²) in [6.45, 7) is 8.21. The summed E-state index contributed by atoms with van der Waals surface area (Å²) in [5.41, 5.74) is -0.764. The lowest BCUT2D eigenvalue weighted by Gasteiger charge is -2.13. The maximum atomic E-state index is 13.2. The average molecular weight is 495 g/mol. The molecule has 0 saturated heterocycles. The highest BCUT2D eigenvalue weighted by Gasteiger charge is 2.22. The zero-order valence-electron chi connectivity index (χ0n) is 20.9. The van der Waals surface area contributed by atoms with E-state index in [0.717, 1.165) is 12.8 Å². The molecule has 0 spiro atoms. The third kappa shape index (κ3) is 4.48. The van der Waals surface area contributed by atoms with Crippen LogP contribution in [0.5, 0.6) is 0 Å². The van der Waals surface area contributed by atoms with Gasteiger partial charge in [0.05, 0.1) is 11.4 Å². The molecule has 0 unspecified atom stereocenters. The second kappa shape index (κ2) is 10.3. The number of hydrogen-bond donors (Lipinski definition) is 1. The van der Waals surface area contributed by atoms with Crippen molar-refractivity contribution in [3.63, 3.8) is 0 Å². The van der Waals surface area contributed by atoms with Gasteiger partial charge in [0.15, 0.2) is 16.9 Å². The minimum Gasteiger partial charge on any atom is -0.453 e. The van der Waals surface area contributed by atoms with Crippen molar-refractivity contribution >= 4 is 27.9 Å². The van der Waals surface area contributed by atoms with Gasteiger partial charge in [0.25, 0.3) is 11.1 Å². The van der Waals surface area contributed by atoms with Gasteiger partial charge in [0.2, 0.25) is 0 Å². The van der Waals surface area contributed by atoms with E-state index < -0.39 is 17.2 Å². The van der Waals surface area contributed by atoms with E-state index in [1.165, 1.54) is 9.25 Å². The number of aromatic amines is 1. The van der Waals surface area contributed by atoms with Crippen LogP contribution in [0.3, 0.4) is 0 Å². The fourth-order valence-corrected chi connectivity index (χ4v) is 4.22. The van der Waals surface area contributed by atoms with Crippen molar-refractivity contribution in [1.29, 1.82) is 0 Å². The minimum absolute atomic E-state index is 0.0229. The largest absolute Gasteiger partial charge is 0.453 e. The van der Waals surface area contributed by atoms with Crippen LogP contribution < -0.4 is 16.8 Å². The Labute approximate surface area is 206 Å². The maximum Gasteiger partial charge on any atom is 0.359 e. The SMILES string of the molecule is CCCCn1c(=O)[nH]c(=O)c2c1nc(COC(=O)c1nn(C(C)C)c(=O)c3ccccc13)n2CCC. The molecule has 11 nitrogen and oxygen atoms in total. The quantitative estimate of drug-likeness (QED) is 0.354. The van der Waals surface area contributed by atoms with Crippen LogP contribution in [0.25, 0.3) is 21.9 Å². The number of imidazole rings is 1. The molecular weight excluding hydrogens is 464 g/mol. The number of carbonyl (C=O) groups excluding carboxylic acids is 1. The zero-order chi connectivity index (χ0) is 26.0. The molecule has 0 bridgehead atoms. The molecule has 190 valence electrons. The van der Waals surface area contributed by atoms with Crippen LogP contribution in [0.2, 0.25) is 0 Å². The number of ether oxygens (including phenoxy) is 1. The van der Waals surface area contributed by atoms with E-state index in [9.17, 15) is 19.2 Å². The Balaban J connectivity index is 1.76. The Kier molecular flexibility index (Phi) is 7.18. The fraction of sp³-hybridized carbons (Fsp3) is 0.440. The van der Waals surface area contributed by atoms with Crippen molar-refractivity contribution in [1.82, 2.24) is 28.9 Å². The van der Waals surface area contributed by atoms with Gasteiger partial charge >= 0.3 is 11.7 Å². The Morgan fingerprint density at radius 3 is 2.42 bits per heavy atom. The second-order valence-electron chi connectivity index (χ2n) is 8.93. The van der Waals surface area contributed by atoms with Gasteiger partial charge in [-0.2, -0.15) is 5.10 Å². The maximum absolute atomic E-state index is 13.2. The standard InChI is InChI=1S/C25H30N6O5/c1-5-7-13-30-21-20(22(32)27-25(30)35)29(12-6-2)18(26-21)14-36-24(34)19-16-10-8-9-11-17(16)23(33)31(28-19)15(3)4/h8-11,15H,5-7,12-14H2,1-4H3,(H,27,32,35). The molecule has 0 atom stereocenters. The number of benzene rings is 1. The Bertz CT molecular complexity index is 1610. The first-order valence-corrected chi connectivity index (χ1v) is 12.2. The van der Waals surface area contributed by atoms with Gasteiger partial charge in [-0.3, -0.25) is 19.1 Å². The molecule has 0 fully saturated rings. The number of fused-ring (bicyclic) bond motifs is 2. The molecule has 0 amide bonds. The van der Waals surface area contributed by atoms with Crippen LogP contribution in [0.4, 0.5) is 0 Å². The summed E-state index contributed by atoms with van der Waals surface area (Å²) < 4.78 is 10.0. The second-order valence-corrected chi connectivity index (χ2v) is 8.93. The molecule has 0 aliphatic carbocycles. The predicted molar refractivity (Wildman–Crippen MR) is 135 cm³/mol. The summed E-state index contributed by atoms with van der Waals surface area (Å²) in [5.74, 6) is -0.365. The first-order chi connectivity index (χ1) is 17.3. The van der Waals surface area contributed by atoms with Gasteiger partial charge in [0, 0.05) is 18.5 Å². The molecule has 0 aliphatic heterocycles. The highest BCUT2D eigenvalue weighted by Crippen LogP contribution is 2.18. The minimum atomic E-state index is -0.715. The fourth-order valence-electron chi connectivity index (χ4n) is 4.22. The van der Waals surface area contributed by atoms with Crippen molar-refractivity contribution in [2.24, 2.45) is 0 Å². The number of nitrogens with one attached hydrogen (secondary N) is 1. The highest BCUT2D eigenvalue weighted by molar-refractivity contribution is 6.02. The van der Waals surface area contributed by atoms with E-state index in [-0.39, 0.29) is 35.1 Å². The number of aryl methyl sites for hydroxylation is 2. The van der Waals surface area contributed by atoms with Gasteiger partial charge < -0.3 is 9.30 Å². The van der Waals surface area contributed by atoms with Crippen molar-refractivity contribution in [2.45, 2.75) is 72.7 Å². The predicted octanol–water partition coefficient (Wildman–Crippen LogP) is 2.74. The zero-order valence-corrected chi connectivity index (χ0v) is 20.9. The molecule has 0 radical (unpaired) electrons. The van der Waals surface area contributed by atoms with Gasteiger partial charge in [-0.1, -0.05) is 38.5 Å². The molecule has 1 aromatic carbocycles. The highest BCUT2D eigenvalue weighted by atomic mass is 16.5. The Morgan fingerprint density at radius 1 is 1.03 bits per heavy atom. The number of aromatic nitrogens is 6. The van der Waals surface area contributed by atoms with Crippen LogP contribution in [0.15, 0.2) is 38.6 Å². The molecule has 36 heavy (non-hydrogen) atoms. The molecule has 11 heteroatoms. The van der Waals surface area contributed by atoms with E-state index in [1.54, 1.807) is 42.7 Å². The summed E-state index contributed by atoms with van der Waals surface area (Å²) in [6, 6.07) is 6.50. The monoisotopic (exact) mass is 494 g/mol. The van der Waals surface area contributed by atoms with E-state index in [4.69, 9.17) is 4.74 Å². The van der Waals surface area contributed by atoms with Crippen LogP contribution >= 0.6 is 0 Å². The summed E-state index contributed by atoms with van der Waals surface area (Å²) >= 11 is 0. The lowest BCUT2D eigenvalue weighted by Crippen LogP contribution is -2.31. The van der Waals surface area contributed by atoms with Gasteiger partial charge in [-0.15, -0.1) is 0 Å². The molecule has 4 aromatic rings. The number of esters is 1. The molecular formula is C25H30N6O5. The third-order valence-corrected chi connectivity index (χ3v) is 5.99.